The molecule has 1 aliphatic carbocycles. The van der Waals surface area contributed by atoms with Crippen LogP contribution in [0.1, 0.15) is 72.0 Å². The Morgan fingerprint density at radius 1 is 1.15 bits per heavy atom. The van der Waals surface area contributed by atoms with Gasteiger partial charge in [-0.1, -0.05) is 37.8 Å². The van der Waals surface area contributed by atoms with Crippen LogP contribution >= 0.6 is 11.8 Å². The topological polar surface area (TPSA) is 96.3 Å². The predicted octanol–water partition coefficient (Wildman–Crippen LogP) is 3.22. The van der Waals surface area contributed by atoms with Crippen molar-refractivity contribution in [1.29, 1.82) is 0 Å². The molecule has 8 nitrogen and oxygen atoms in total. The summed E-state index contributed by atoms with van der Waals surface area (Å²) < 4.78 is 1.50. The van der Waals surface area contributed by atoms with E-state index in [1.807, 2.05) is 30.5 Å². The van der Waals surface area contributed by atoms with Crippen LogP contribution in [-0.2, 0) is 17.9 Å². The fraction of sp³-hybridized carbons (Fsp3) is 0.520. The van der Waals surface area contributed by atoms with E-state index >= 15 is 0 Å². The first-order valence-corrected chi connectivity index (χ1v) is 13.1. The molecule has 0 radical (unpaired) electrons. The molecule has 182 valence electrons. The SMILES string of the molecule is CSc1ccc(CNC(=O)c2cc3n(n2)CC(C)(C(=O)NC2CCCCCC2)N(C)C3=O)cc1. The highest BCUT2D eigenvalue weighted by Crippen LogP contribution is 2.27. The van der Waals surface area contributed by atoms with Crippen LogP contribution < -0.4 is 10.6 Å². The molecular formula is C25H33N5O3S. The minimum atomic E-state index is -1.07. The van der Waals surface area contributed by atoms with Gasteiger partial charge in [0.05, 0.1) is 6.54 Å². The molecule has 2 aromatic rings. The second-order valence-corrected chi connectivity index (χ2v) is 10.3. The number of fused-ring (bicyclic) bond motifs is 1. The molecule has 9 heteroatoms. The van der Waals surface area contributed by atoms with Crippen LogP contribution in [0.3, 0.4) is 0 Å². The molecule has 1 fully saturated rings. The third-order valence-corrected chi connectivity index (χ3v) is 7.77. The van der Waals surface area contributed by atoms with Crippen LogP contribution in [0.4, 0.5) is 0 Å². The lowest BCUT2D eigenvalue weighted by molar-refractivity contribution is -0.133. The summed E-state index contributed by atoms with van der Waals surface area (Å²) in [6.45, 7) is 2.33. The largest absolute Gasteiger partial charge is 0.351 e. The van der Waals surface area contributed by atoms with Gasteiger partial charge in [0.1, 0.15) is 11.2 Å². The van der Waals surface area contributed by atoms with E-state index in [4.69, 9.17) is 0 Å². The third kappa shape index (κ3) is 4.99. The molecule has 0 spiro atoms. The van der Waals surface area contributed by atoms with Crippen molar-refractivity contribution in [3.63, 3.8) is 0 Å². The molecule has 3 amide bonds. The Morgan fingerprint density at radius 3 is 2.47 bits per heavy atom. The number of thioether (sulfide) groups is 1. The van der Waals surface area contributed by atoms with Gasteiger partial charge in [0.2, 0.25) is 5.91 Å². The van der Waals surface area contributed by atoms with E-state index < -0.39 is 5.54 Å². The summed E-state index contributed by atoms with van der Waals surface area (Å²) in [6.07, 6.45) is 8.58. The average molecular weight is 484 g/mol. The standard InChI is InChI=1S/C25H33N5O3S/c1-25(24(33)27-18-8-6-4-5-7-9-18)16-30-21(23(32)29(25)2)14-20(28-30)22(31)26-15-17-10-12-19(34-3)13-11-17/h10-14,18H,4-9,15-16H2,1-3H3,(H,26,31)(H,27,33). The van der Waals surface area contributed by atoms with Gasteiger partial charge in [-0.3, -0.25) is 19.1 Å². The summed E-state index contributed by atoms with van der Waals surface area (Å²) in [7, 11) is 1.64. The van der Waals surface area contributed by atoms with Crippen LogP contribution in [0.25, 0.3) is 0 Å². The van der Waals surface area contributed by atoms with E-state index in [0.717, 1.165) is 36.1 Å². The van der Waals surface area contributed by atoms with E-state index in [2.05, 4.69) is 15.7 Å². The maximum atomic E-state index is 13.3. The molecule has 1 aromatic carbocycles. The van der Waals surface area contributed by atoms with E-state index in [1.54, 1.807) is 25.7 Å². The highest BCUT2D eigenvalue weighted by molar-refractivity contribution is 7.98. The van der Waals surface area contributed by atoms with Crippen LogP contribution in [0.5, 0.6) is 0 Å². The molecule has 0 bridgehead atoms. The second kappa shape index (κ2) is 10.2. The predicted molar refractivity (Wildman–Crippen MR) is 132 cm³/mol. The van der Waals surface area contributed by atoms with Crippen molar-refractivity contribution >= 4 is 29.5 Å². The molecule has 2 N–H and O–H groups in total. The molecule has 34 heavy (non-hydrogen) atoms. The maximum absolute atomic E-state index is 13.3. The van der Waals surface area contributed by atoms with Crippen LogP contribution in [-0.4, -0.2) is 57.3 Å². The van der Waals surface area contributed by atoms with Gasteiger partial charge in [0.25, 0.3) is 11.8 Å². The molecule has 1 unspecified atom stereocenters. The lowest BCUT2D eigenvalue weighted by Gasteiger charge is -2.41. The zero-order valence-corrected chi connectivity index (χ0v) is 20.9. The van der Waals surface area contributed by atoms with Crippen LogP contribution in [0.15, 0.2) is 35.2 Å². The number of benzene rings is 1. The molecule has 2 aliphatic rings. The Morgan fingerprint density at radius 2 is 1.82 bits per heavy atom. The number of hydrogen-bond acceptors (Lipinski definition) is 5. The molecular weight excluding hydrogens is 450 g/mol. The zero-order valence-electron chi connectivity index (χ0n) is 20.1. The van der Waals surface area contributed by atoms with E-state index in [9.17, 15) is 14.4 Å². The van der Waals surface area contributed by atoms with Crippen molar-refractivity contribution in [2.24, 2.45) is 0 Å². The number of nitrogens with one attached hydrogen (secondary N) is 2. The molecule has 0 saturated heterocycles. The van der Waals surface area contributed by atoms with E-state index in [-0.39, 0.29) is 36.0 Å². The van der Waals surface area contributed by atoms with Crippen LogP contribution in [0, 0.1) is 0 Å². The third-order valence-electron chi connectivity index (χ3n) is 7.03. The van der Waals surface area contributed by atoms with Gasteiger partial charge in [-0.15, -0.1) is 11.8 Å². The first-order chi connectivity index (χ1) is 16.3. The van der Waals surface area contributed by atoms with Gasteiger partial charge in [-0.2, -0.15) is 5.10 Å². The number of carbonyl (C=O) groups is 3. The quantitative estimate of drug-likeness (QED) is 0.486. The summed E-state index contributed by atoms with van der Waals surface area (Å²) in [5.74, 6) is -0.837. The summed E-state index contributed by atoms with van der Waals surface area (Å²) in [4.78, 5) is 41.8. The molecule has 1 aliphatic heterocycles. The molecule has 1 aromatic heterocycles. The Balaban J connectivity index is 1.45. The van der Waals surface area contributed by atoms with Gasteiger partial charge in [0, 0.05) is 30.6 Å². The first-order valence-electron chi connectivity index (χ1n) is 11.9. The lowest BCUT2D eigenvalue weighted by atomic mass is 9.95. The number of hydrogen-bond donors (Lipinski definition) is 2. The molecule has 2 heterocycles. The normalized spacial score (nSPS) is 21.0. The number of rotatable bonds is 6. The highest BCUT2D eigenvalue weighted by Gasteiger charge is 2.46. The average Bonchev–Trinajstić information content (AvgIpc) is 3.09. The summed E-state index contributed by atoms with van der Waals surface area (Å²) >= 11 is 1.66. The number of carbonyl (C=O) groups excluding carboxylic acids is 3. The Bertz CT molecular complexity index is 1060. The van der Waals surface area contributed by atoms with Gasteiger partial charge in [-0.25, -0.2) is 0 Å². The number of nitrogens with zero attached hydrogens (tertiary/aromatic N) is 3. The van der Waals surface area contributed by atoms with Gasteiger partial charge < -0.3 is 15.5 Å². The highest BCUT2D eigenvalue weighted by atomic mass is 32.2. The van der Waals surface area contributed by atoms with E-state index in [1.165, 1.54) is 28.5 Å². The Hall–Kier alpha value is -2.81. The monoisotopic (exact) mass is 483 g/mol. The van der Waals surface area contributed by atoms with Crippen molar-refractivity contribution in [3.8, 4) is 0 Å². The van der Waals surface area contributed by atoms with Crippen molar-refractivity contribution in [2.45, 2.75) is 75.0 Å². The fourth-order valence-electron chi connectivity index (χ4n) is 4.62. The molecule has 1 atom stereocenters. The van der Waals surface area contributed by atoms with Crippen molar-refractivity contribution in [2.75, 3.05) is 13.3 Å². The zero-order chi connectivity index (χ0) is 24.3. The van der Waals surface area contributed by atoms with Crippen LogP contribution in [0.2, 0.25) is 0 Å². The first kappa shape index (κ1) is 24.3. The van der Waals surface area contributed by atoms with Crippen molar-refractivity contribution < 1.29 is 14.4 Å². The van der Waals surface area contributed by atoms with Gasteiger partial charge in [0.15, 0.2) is 5.69 Å². The summed E-state index contributed by atoms with van der Waals surface area (Å²) in [5, 5.41) is 10.4. The molecule has 1 saturated carbocycles. The van der Waals surface area contributed by atoms with E-state index in [0.29, 0.717) is 12.2 Å². The number of likely N-dealkylation sites (N-methyl/N-ethyl adjacent to an activating group) is 1. The smallest absolute Gasteiger partial charge is 0.272 e. The Kier molecular flexibility index (Phi) is 7.30. The maximum Gasteiger partial charge on any atom is 0.272 e. The summed E-state index contributed by atoms with van der Waals surface area (Å²) in [6, 6.07) is 9.62. The fourth-order valence-corrected chi connectivity index (χ4v) is 5.03. The number of amides is 3. The van der Waals surface area contributed by atoms with Gasteiger partial charge >= 0.3 is 0 Å². The lowest BCUT2D eigenvalue weighted by Crippen LogP contribution is -2.63. The number of aromatic nitrogens is 2. The van der Waals surface area contributed by atoms with Crippen molar-refractivity contribution in [1.82, 2.24) is 25.3 Å². The summed E-state index contributed by atoms with van der Waals surface area (Å²) in [5.41, 5.74) is 0.395. The minimum absolute atomic E-state index is 0.140. The van der Waals surface area contributed by atoms with Gasteiger partial charge in [-0.05, 0) is 43.7 Å². The minimum Gasteiger partial charge on any atom is -0.351 e. The molecule has 4 rings (SSSR count). The Labute approximate surface area is 204 Å². The second-order valence-electron chi connectivity index (χ2n) is 9.40. The van der Waals surface area contributed by atoms with Crippen molar-refractivity contribution in [3.05, 3.63) is 47.3 Å².